The number of amides is 9. The summed E-state index contributed by atoms with van der Waals surface area (Å²) in [5.74, 6) is -15.1. The lowest BCUT2D eigenvalue weighted by atomic mass is 9.54. The van der Waals surface area contributed by atoms with E-state index in [4.69, 9.17) is 45.8 Å². The SMILES string of the molecule is CCOc1ccc(CC(=O)NC(=O)C2NC(=O)[C@H](NC(=O)[C@@H](CC(C)C)NC)[C@H](O)c3ccc(c(C)c3)Oc3cc4cc(c3O[C@@H]3C[C@H](CO)[C@@H](O)[C@H](O)[C@H]3O[C@H]3C[C@](C)(N)[C@H](O)[C@H](C)O3)Oc3ccc(cc3Cl)[C@@H](O)[C@@H]3NC(=O)[C@H](NC(=O)[C@@H]4NC2=O)c2ccc(O)c(c2)-c2c(O)cc(O)cc2[C@@H](C(=O)NC2C4CC5CC(C4)CC2C5)NC3=O)cc1. The number of ether oxygens (including phenoxy) is 6. The first-order chi connectivity index (χ1) is 58.0. The van der Waals surface area contributed by atoms with Gasteiger partial charge in [-0.25, -0.2) is 0 Å². The predicted molar refractivity (Wildman–Crippen MR) is 434 cm³/mol. The molecule has 6 aliphatic heterocycles. The summed E-state index contributed by atoms with van der Waals surface area (Å²) in [6, 6.07) is 6.49. The number of imide groups is 1. The van der Waals surface area contributed by atoms with Crippen LogP contribution in [0.3, 0.4) is 0 Å². The highest BCUT2D eigenvalue weighted by atomic mass is 35.5. The van der Waals surface area contributed by atoms with Crippen LogP contribution in [0.4, 0.5) is 0 Å². The Hall–Kier alpha value is -10.8. The molecular formula is C87H103ClN10O24. The zero-order valence-corrected chi connectivity index (χ0v) is 68.7. The van der Waals surface area contributed by atoms with Crippen LogP contribution in [0.25, 0.3) is 11.1 Å². The molecule has 20 N–H and O–H groups in total. The number of aliphatic hydroxyl groups is 6. The van der Waals surface area contributed by atoms with Gasteiger partial charge in [0.15, 0.2) is 23.8 Å². The van der Waals surface area contributed by atoms with Crippen molar-refractivity contribution in [2.24, 2.45) is 41.2 Å². The van der Waals surface area contributed by atoms with Crippen LogP contribution in [0, 0.1) is 42.4 Å². The van der Waals surface area contributed by atoms with Crippen LogP contribution in [-0.2, 0) is 59.0 Å². The van der Waals surface area contributed by atoms with Crippen LogP contribution in [0.2, 0.25) is 5.02 Å². The molecule has 6 heterocycles. The van der Waals surface area contributed by atoms with Crippen molar-refractivity contribution in [2.75, 3.05) is 20.3 Å². The third-order valence-corrected chi connectivity index (χ3v) is 25.0. The van der Waals surface area contributed by atoms with Gasteiger partial charge in [0.1, 0.15) is 95.2 Å². The predicted octanol–water partition coefficient (Wildman–Crippen LogP) is 3.69. The second-order valence-corrected chi connectivity index (χ2v) is 34.5. The summed E-state index contributed by atoms with van der Waals surface area (Å²) in [7, 11) is 1.49. The maximum atomic E-state index is 16.7. The molecule has 6 fully saturated rings. The number of rotatable bonds is 17. The smallest absolute Gasteiger partial charge is 0.258 e. The van der Waals surface area contributed by atoms with E-state index in [9.17, 15) is 55.5 Å². The number of aliphatic hydroxyl groups excluding tert-OH is 6. The van der Waals surface area contributed by atoms with E-state index in [1.54, 1.807) is 26.0 Å². The zero-order chi connectivity index (χ0) is 87.4. The number of aromatic hydroxyl groups is 3. The van der Waals surface area contributed by atoms with Gasteiger partial charge in [-0.15, -0.1) is 0 Å². The van der Waals surface area contributed by atoms with E-state index in [1.165, 1.54) is 63.4 Å². The topological polar surface area (TPSA) is 525 Å². The van der Waals surface area contributed by atoms with Crippen molar-refractivity contribution >= 4 is 64.8 Å². The molecule has 0 aromatic heterocycles. The van der Waals surface area contributed by atoms with Gasteiger partial charge < -0.3 is 123 Å². The number of carbonyl (C=O) groups is 9. The molecule has 0 spiro atoms. The summed E-state index contributed by atoms with van der Waals surface area (Å²) in [5, 5.41) is 131. The van der Waals surface area contributed by atoms with Crippen LogP contribution < -0.4 is 72.5 Å². The normalized spacial score (nSPS) is 30.8. The molecule has 1 unspecified atom stereocenters. The lowest BCUT2D eigenvalue weighted by Gasteiger charge is -2.54. The summed E-state index contributed by atoms with van der Waals surface area (Å²) in [5.41, 5.74) is 3.72. The van der Waals surface area contributed by atoms with Gasteiger partial charge in [-0.05, 0) is 215 Å². The second kappa shape index (κ2) is 36.0. The fourth-order valence-corrected chi connectivity index (χ4v) is 18.9. The van der Waals surface area contributed by atoms with Gasteiger partial charge in [0.05, 0.1) is 42.4 Å². The minimum Gasteiger partial charge on any atom is -0.508 e. The highest BCUT2D eigenvalue weighted by molar-refractivity contribution is 6.32. The number of hydrogen-bond acceptors (Lipinski definition) is 26. The average Bonchev–Trinajstić information content (AvgIpc) is 0.765. The molecule has 17 rings (SSSR count). The largest absolute Gasteiger partial charge is 0.508 e. The van der Waals surface area contributed by atoms with Crippen LogP contribution in [-0.4, -0.2) is 198 Å². The number of fused-ring (bicyclic) bond motifs is 15. The lowest BCUT2D eigenvalue weighted by Crippen LogP contribution is -2.63. The maximum absolute atomic E-state index is 16.7. The van der Waals surface area contributed by atoms with E-state index < -0.39 is 215 Å². The first kappa shape index (κ1) is 87.6. The third-order valence-electron chi connectivity index (χ3n) is 24.7. The average molecular weight is 1710 g/mol. The fraction of sp³-hybridized carbons (Fsp3) is 0.483. The molecular weight excluding hydrogens is 1600 g/mol. The number of phenolic OH excluding ortho intramolecular Hbond substituents is 3. The molecule has 5 saturated carbocycles. The van der Waals surface area contributed by atoms with Crippen molar-refractivity contribution in [3.8, 4) is 62.9 Å². The van der Waals surface area contributed by atoms with Crippen LogP contribution in [0.1, 0.15) is 155 Å². The van der Waals surface area contributed by atoms with Gasteiger partial charge in [-0.2, -0.15) is 0 Å². The van der Waals surface area contributed by atoms with E-state index in [0.29, 0.717) is 29.8 Å². The van der Waals surface area contributed by atoms with Gasteiger partial charge in [-0.3, -0.25) is 48.5 Å². The number of phenols is 3. The molecule has 1 saturated heterocycles. The number of hydrogen-bond donors (Lipinski definition) is 19. The summed E-state index contributed by atoms with van der Waals surface area (Å²) < 4.78 is 39.1. The molecule has 122 heavy (non-hydrogen) atoms. The van der Waals surface area contributed by atoms with Gasteiger partial charge in [0.2, 0.25) is 47.1 Å². The molecule has 15 bridgehead atoms. The minimum absolute atomic E-state index is 0.0628. The van der Waals surface area contributed by atoms with Gasteiger partial charge >= 0.3 is 0 Å². The molecule has 652 valence electrons. The van der Waals surface area contributed by atoms with Gasteiger partial charge in [0.25, 0.3) is 11.8 Å². The van der Waals surface area contributed by atoms with Crippen molar-refractivity contribution in [1.82, 2.24) is 47.9 Å². The number of likely N-dealkylation sites (N-methyl/N-ethyl adjacent to an activating group) is 1. The number of nitrogens with one attached hydrogen (secondary N) is 9. The Kier molecular flexibility index (Phi) is 25.8. The fourth-order valence-electron chi connectivity index (χ4n) is 18.7. The van der Waals surface area contributed by atoms with Crippen LogP contribution in [0.15, 0.2) is 103 Å². The Morgan fingerprint density at radius 3 is 1.93 bits per heavy atom. The summed E-state index contributed by atoms with van der Waals surface area (Å²) in [4.78, 5) is 140. The third kappa shape index (κ3) is 18.3. The van der Waals surface area contributed by atoms with Crippen molar-refractivity contribution in [2.45, 2.75) is 208 Å². The summed E-state index contributed by atoms with van der Waals surface area (Å²) >= 11 is 7.31. The molecule has 6 aromatic carbocycles. The van der Waals surface area contributed by atoms with E-state index >= 15 is 33.6 Å². The van der Waals surface area contributed by atoms with E-state index in [0.717, 1.165) is 80.6 Å². The number of carbonyl (C=O) groups excluding carboxylic acids is 9. The Balaban J connectivity index is 0.972. The van der Waals surface area contributed by atoms with Crippen LogP contribution in [0.5, 0.6) is 51.7 Å². The maximum Gasteiger partial charge on any atom is 0.258 e. The Labute approximate surface area is 706 Å². The van der Waals surface area contributed by atoms with Crippen molar-refractivity contribution in [3.63, 3.8) is 0 Å². The first-order valence-corrected chi connectivity index (χ1v) is 41.4. The molecule has 11 aliphatic rings. The Morgan fingerprint density at radius 1 is 0.664 bits per heavy atom. The lowest BCUT2D eigenvalue weighted by molar-refractivity contribution is -0.286. The van der Waals surface area contributed by atoms with Crippen molar-refractivity contribution < 1.29 is 118 Å². The number of aryl methyl sites for hydroxylation is 1. The van der Waals surface area contributed by atoms with E-state index in [-0.39, 0.29) is 98.5 Å². The van der Waals surface area contributed by atoms with Gasteiger partial charge in [-0.1, -0.05) is 55.8 Å². The van der Waals surface area contributed by atoms with Crippen molar-refractivity contribution in [1.29, 1.82) is 0 Å². The van der Waals surface area contributed by atoms with E-state index in [2.05, 4.69) is 47.9 Å². The highest BCUT2D eigenvalue weighted by Gasteiger charge is 2.53. The zero-order valence-electron chi connectivity index (χ0n) is 68.0. The quantitative estimate of drug-likeness (QED) is 0.0579. The molecule has 6 aromatic rings. The Morgan fingerprint density at radius 2 is 1.30 bits per heavy atom. The number of halogens is 1. The summed E-state index contributed by atoms with van der Waals surface area (Å²) in [6.07, 6.45) is -11.0. The molecule has 9 amide bonds. The molecule has 18 atom stereocenters. The second-order valence-electron chi connectivity index (χ2n) is 34.0. The Bertz CT molecular complexity index is 5010. The highest BCUT2D eigenvalue weighted by Crippen LogP contribution is 2.55. The van der Waals surface area contributed by atoms with Gasteiger partial charge in [0, 0.05) is 47.7 Å². The monoisotopic (exact) mass is 1710 g/mol. The number of benzene rings is 6. The molecule has 5 aliphatic carbocycles. The first-order valence-electron chi connectivity index (χ1n) is 41.0. The van der Waals surface area contributed by atoms with E-state index in [1.807, 2.05) is 13.8 Å². The molecule has 35 heteroatoms. The minimum atomic E-state index is -2.68. The molecule has 0 radical (unpaired) electrons. The van der Waals surface area contributed by atoms with Crippen LogP contribution >= 0.6 is 11.6 Å². The summed E-state index contributed by atoms with van der Waals surface area (Å²) in [6.45, 7) is 9.60. The standard InChI is InChI=1S/C87H103ClN10O24/c1-8-117-50-14-9-39(10-15-50)26-62(103)91-85(115)71-86(116)94-67-47-29-59(119-57-17-12-43(20-37(57)4)72(104)69(84(114)98-71)96-79(109)54(90-7)19-36(2)3)76(121-61-31-48(35-99)74(106)75(107)77(61)122-63-34-87(6,89)78(108)38(5)118-63)60(30-47)120-58-18-13-44(28-53(58)88)73(105)70-83(113)95-68(82(112)92-65-45-22-40-21-41(24-45)25-46(65)23-40)52-32-49(100)33-56(102)64(52)51-27-42(11-16-55(51)101)66(80(110)97-70)93-81(67)111/h9-18,20,27-30,32-33,36,38,40-41,45-46,48,54,61,63,65-75,77-78,90,99-102,104-108H,8,19,21-26,31,34-35,89H2,1-7H3,(H,92,112)(H,93,111)(H,94,116)(H,95,113)(H,96,109)(H,97,110)(H,98,114)(H,91,103,115)/t38-,40?,41?,45?,46?,48+,54+,61+,63-,65?,66+,67+,68-,69+,70-,71?,72+,73+,74+,75-,77-,78+,87-/m0/s1. The number of nitrogens with two attached hydrogens (primary N) is 1. The van der Waals surface area contributed by atoms with Crippen molar-refractivity contribution in [3.05, 3.63) is 147 Å². The molecule has 34 nitrogen and oxygen atoms in total.